The van der Waals surface area contributed by atoms with Crippen molar-refractivity contribution in [1.82, 2.24) is 9.21 Å². The third-order valence-corrected chi connectivity index (χ3v) is 8.05. The van der Waals surface area contributed by atoms with Crippen molar-refractivity contribution >= 4 is 27.4 Å². The number of hydrogen-bond donors (Lipinski definition) is 2. The Morgan fingerprint density at radius 1 is 0.943 bits per heavy atom. The maximum atomic E-state index is 13.3. The van der Waals surface area contributed by atoms with E-state index >= 15 is 0 Å². The molecule has 0 aromatic heterocycles. The standard InChI is InChI=1S/C23H27F3N4O4S/c24-23(25,26)17-3-5-18(6-4-17)27-22(31)28-19-7-9-21(10-8-19)35(32,33)30-11-1-2-20(30)16-29-12-14-34-15-13-29/h3-10,20H,1-2,11-16H2,(H2,27,28,31)/t20-/m0/s1. The van der Waals surface area contributed by atoms with Crippen molar-refractivity contribution < 1.29 is 31.1 Å². The van der Waals surface area contributed by atoms with Crippen LogP contribution in [0, 0.1) is 0 Å². The number of carbonyl (C=O) groups excluding carboxylic acids is 1. The first-order valence-electron chi connectivity index (χ1n) is 11.3. The largest absolute Gasteiger partial charge is 0.416 e. The molecule has 0 unspecified atom stereocenters. The fourth-order valence-electron chi connectivity index (χ4n) is 4.27. The minimum absolute atomic E-state index is 0.0922. The molecule has 2 aromatic carbocycles. The molecule has 2 N–H and O–H groups in total. The molecule has 0 radical (unpaired) electrons. The normalized spacial score (nSPS) is 20.0. The van der Waals surface area contributed by atoms with E-state index in [0.717, 1.165) is 50.2 Å². The summed E-state index contributed by atoms with van der Waals surface area (Å²) in [5.74, 6) is 0. The van der Waals surface area contributed by atoms with Gasteiger partial charge in [-0.15, -0.1) is 0 Å². The molecule has 0 aliphatic carbocycles. The number of benzene rings is 2. The molecule has 1 atom stereocenters. The summed E-state index contributed by atoms with van der Waals surface area (Å²) in [4.78, 5) is 14.6. The van der Waals surface area contributed by atoms with E-state index in [4.69, 9.17) is 4.74 Å². The molecule has 2 fully saturated rings. The molecule has 8 nitrogen and oxygen atoms in total. The zero-order valence-corrected chi connectivity index (χ0v) is 19.7. The second kappa shape index (κ2) is 10.5. The molecule has 2 heterocycles. The molecule has 2 amide bonds. The van der Waals surface area contributed by atoms with Gasteiger partial charge in [0.1, 0.15) is 0 Å². The van der Waals surface area contributed by atoms with Crippen LogP contribution < -0.4 is 10.6 Å². The summed E-state index contributed by atoms with van der Waals surface area (Å²) in [5, 5.41) is 4.99. The zero-order valence-electron chi connectivity index (χ0n) is 18.9. The van der Waals surface area contributed by atoms with Gasteiger partial charge in [-0.2, -0.15) is 17.5 Å². The summed E-state index contributed by atoms with van der Waals surface area (Å²) >= 11 is 0. The number of anilines is 2. The van der Waals surface area contributed by atoms with Gasteiger partial charge in [0, 0.05) is 43.6 Å². The van der Waals surface area contributed by atoms with Crippen LogP contribution in [0.15, 0.2) is 53.4 Å². The van der Waals surface area contributed by atoms with E-state index in [-0.39, 0.29) is 16.6 Å². The molecule has 2 aromatic rings. The van der Waals surface area contributed by atoms with Gasteiger partial charge >= 0.3 is 12.2 Å². The molecule has 35 heavy (non-hydrogen) atoms. The number of carbonyl (C=O) groups is 1. The average Bonchev–Trinajstić information content (AvgIpc) is 3.29. The second-order valence-corrected chi connectivity index (χ2v) is 10.4. The van der Waals surface area contributed by atoms with E-state index in [2.05, 4.69) is 15.5 Å². The van der Waals surface area contributed by atoms with E-state index in [9.17, 15) is 26.4 Å². The Morgan fingerprint density at radius 2 is 1.51 bits per heavy atom. The number of sulfonamides is 1. The fraction of sp³-hybridized carbons (Fsp3) is 0.435. The SMILES string of the molecule is O=C(Nc1ccc(C(F)(F)F)cc1)Nc1ccc(S(=O)(=O)N2CCC[C@H]2CN2CCOCC2)cc1. The fourth-order valence-corrected chi connectivity index (χ4v) is 5.96. The highest BCUT2D eigenvalue weighted by Crippen LogP contribution is 2.30. The van der Waals surface area contributed by atoms with Gasteiger partial charge in [0.25, 0.3) is 0 Å². The molecule has 4 rings (SSSR count). The highest BCUT2D eigenvalue weighted by atomic mass is 32.2. The van der Waals surface area contributed by atoms with Crippen LogP contribution in [0.1, 0.15) is 18.4 Å². The smallest absolute Gasteiger partial charge is 0.379 e. The lowest BCUT2D eigenvalue weighted by molar-refractivity contribution is -0.137. The minimum atomic E-state index is -4.46. The lowest BCUT2D eigenvalue weighted by Gasteiger charge is -2.32. The van der Waals surface area contributed by atoms with Crippen molar-refractivity contribution in [2.45, 2.75) is 30.0 Å². The van der Waals surface area contributed by atoms with Gasteiger partial charge < -0.3 is 15.4 Å². The second-order valence-electron chi connectivity index (χ2n) is 8.50. The Labute approximate surface area is 202 Å². The first-order chi connectivity index (χ1) is 16.6. The number of hydrogen-bond acceptors (Lipinski definition) is 5. The predicted molar refractivity (Wildman–Crippen MR) is 125 cm³/mol. The van der Waals surface area contributed by atoms with Crippen molar-refractivity contribution in [3.8, 4) is 0 Å². The van der Waals surface area contributed by atoms with Crippen molar-refractivity contribution in [2.24, 2.45) is 0 Å². The quantitative estimate of drug-likeness (QED) is 0.614. The number of ether oxygens (including phenoxy) is 1. The number of nitrogens with zero attached hydrogens (tertiary/aromatic N) is 2. The molecule has 2 aliphatic rings. The maximum absolute atomic E-state index is 13.3. The zero-order chi connectivity index (χ0) is 25.1. The van der Waals surface area contributed by atoms with Gasteiger partial charge in [0.15, 0.2) is 0 Å². The van der Waals surface area contributed by atoms with Crippen LogP contribution in [0.2, 0.25) is 0 Å². The lowest BCUT2D eigenvalue weighted by atomic mass is 10.2. The molecule has 12 heteroatoms. The molecular weight excluding hydrogens is 485 g/mol. The minimum Gasteiger partial charge on any atom is -0.379 e. The topological polar surface area (TPSA) is 91.0 Å². The van der Waals surface area contributed by atoms with E-state index < -0.39 is 27.8 Å². The highest BCUT2D eigenvalue weighted by Gasteiger charge is 2.36. The number of rotatable bonds is 6. The lowest BCUT2D eigenvalue weighted by Crippen LogP contribution is -2.46. The number of amides is 2. The Morgan fingerprint density at radius 3 is 2.09 bits per heavy atom. The van der Waals surface area contributed by atoms with Crippen LogP contribution in [-0.4, -0.2) is 69.1 Å². The summed E-state index contributed by atoms with van der Waals surface area (Å²) in [7, 11) is -3.69. The van der Waals surface area contributed by atoms with Crippen LogP contribution in [0.3, 0.4) is 0 Å². The number of alkyl halides is 3. The number of nitrogens with one attached hydrogen (secondary N) is 2. The summed E-state index contributed by atoms with van der Waals surface area (Å²) in [6, 6.07) is 9.14. The van der Waals surface area contributed by atoms with Gasteiger partial charge in [-0.3, -0.25) is 4.90 Å². The Hall–Kier alpha value is -2.67. The van der Waals surface area contributed by atoms with Crippen LogP contribution in [0.25, 0.3) is 0 Å². The molecule has 0 saturated carbocycles. The number of morpholine rings is 1. The highest BCUT2D eigenvalue weighted by molar-refractivity contribution is 7.89. The average molecular weight is 513 g/mol. The van der Waals surface area contributed by atoms with Crippen LogP contribution >= 0.6 is 0 Å². The van der Waals surface area contributed by atoms with Crippen LogP contribution in [0.5, 0.6) is 0 Å². The van der Waals surface area contributed by atoms with Gasteiger partial charge in [0.05, 0.1) is 23.7 Å². The summed E-state index contributed by atoms with van der Waals surface area (Å²) in [6.07, 6.45) is -2.85. The molecule has 0 bridgehead atoms. The van der Waals surface area contributed by atoms with Gasteiger partial charge in [0.2, 0.25) is 10.0 Å². The van der Waals surface area contributed by atoms with Gasteiger partial charge in [-0.1, -0.05) is 0 Å². The van der Waals surface area contributed by atoms with Gasteiger partial charge in [-0.05, 0) is 61.4 Å². The third-order valence-electron chi connectivity index (χ3n) is 6.08. The molecule has 190 valence electrons. The number of halogens is 3. The van der Waals surface area contributed by atoms with Crippen molar-refractivity contribution in [2.75, 3.05) is 50.0 Å². The predicted octanol–water partition coefficient (Wildman–Crippen LogP) is 3.83. The van der Waals surface area contributed by atoms with Crippen molar-refractivity contribution in [1.29, 1.82) is 0 Å². The van der Waals surface area contributed by atoms with Crippen LogP contribution in [0.4, 0.5) is 29.3 Å². The molecular formula is C23H27F3N4O4S. The van der Waals surface area contributed by atoms with Crippen molar-refractivity contribution in [3.63, 3.8) is 0 Å². The van der Waals surface area contributed by atoms with Crippen LogP contribution in [-0.2, 0) is 20.9 Å². The van der Waals surface area contributed by atoms with E-state index in [1.54, 1.807) is 4.31 Å². The van der Waals surface area contributed by atoms with Gasteiger partial charge in [-0.25, -0.2) is 13.2 Å². The Kier molecular flexibility index (Phi) is 7.64. The van der Waals surface area contributed by atoms with Crippen molar-refractivity contribution in [3.05, 3.63) is 54.1 Å². The first-order valence-corrected chi connectivity index (χ1v) is 12.7. The Balaban J connectivity index is 1.36. The summed E-state index contributed by atoms with van der Waals surface area (Å²) in [5.41, 5.74) is -0.278. The summed E-state index contributed by atoms with van der Waals surface area (Å²) in [6.45, 7) is 4.03. The maximum Gasteiger partial charge on any atom is 0.416 e. The summed E-state index contributed by atoms with van der Waals surface area (Å²) < 4.78 is 71.4. The van der Waals surface area contributed by atoms with E-state index in [1.807, 2.05) is 0 Å². The van der Waals surface area contributed by atoms with E-state index in [1.165, 1.54) is 24.3 Å². The number of urea groups is 1. The monoisotopic (exact) mass is 512 g/mol. The molecule has 0 spiro atoms. The molecule has 2 aliphatic heterocycles. The first kappa shape index (κ1) is 25.4. The Bertz CT molecular complexity index is 1120. The molecule has 2 saturated heterocycles. The third kappa shape index (κ3) is 6.31. The van der Waals surface area contributed by atoms with E-state index in [0.29, 0.717) is 32.0 Å².